The molecular weight excluding hydrogens is 445 g/mol. The molecule has 0 saturated carbocycles. The highest BCUT2D eigenvalue weighted by atomic mass is 19.1. The van der Waals surface area contributed by atoms with Crippen molar-refractivity contribution in [3.05, 3.63) is 54.2 Å². The van der Waals surface area contributed by atoms with E-state index in [1.807, 2.05) is 27.7 Å². The van der Waals surface area contributed by atoms with Gasteiger partial charge in [0.1, 0.15) is 18.8 Å². The van der Waals surface area contributed by atoms with E-state index in [2.05, 4.69) is 9.97 Å². The molecule has 2 aliphatic rings. The SMILES string of the molecule is CC1(C)OCC(CO)O1.CC1(C)OCC(COc2cccc(F)n2)O1.Fc1cccc(F)n1. The molecule has 0 spiro atoms. The van der Waals surface area contributed by atoms with Gasteiger partial charge in [0.05, 0.1) is 19.8 Å². The van der Waals surface area contributed by atoms with Crippen molar-refractivity contribution in [1.29, 1.82) is 0 Å². The summed E-state index contributed by atoms with van der Waals surface area (Å²) in [7, 11) is 0. The molecule has 11 heteroatoms. The van der Waals surface area contributed by atoms with E-state index in [0.29, 0.717) is 19.8 Å². The Morgan fingerprint density at radius 2 is 1.33 bits per heavy atom. The first-order valence-corrected chi connectivity index (χ1v) is 10.3. The van der Waals surface area contributed by atoms with Gasteiger partial charge in [0.15, 0.2) is 11.6 Å². The molecule has 2 aromatic heterocycles. The molecule has 2 saturated heterocycles. The monoisotopic (exact) mass is 474 g/mol. The van der Waals surface area contributed by atoms with Crippen LogP contribution >= 0.6 is 0 Å². The van der Waals surface area contributed by atoms with Gasteiger partial charge in [-0.3, -0.25) is 0 Å². The van der Waals surface area contributed by atoms with Gasteiger partial charge in [0.2, 0.25) is 23.7 Å². The zero-order valence-corrected chi connectivity index (χ0v) is 19.0. The Balaban J connectivity index is 0.000000192. The summed E-state index contributed by atoms with van der Waals surface area (Å²) in [6.07, 6.45) is -0.264. The predicted octanol–water partition coefficient (Wildman–Crippen LogP) is 3.24. The minimum Gasteiger partial charge on any atom is -0.475 e. The number of aromatic nitrogens is 2. The van der Waals surface area contributed by atoms with Gasteiger partial charge < -0.3 is 28.8 Å². The van der Waals surface area contributed by atoms with Gasteiger partial charge in [-0.05, 0) is 45.9 Å². The number of rotatable bonds is 4. The van der Waals surface area contributed by atoms with E-state index in [4.69, 9.17) is 28.8 Å². The lowest BCUT2D eigenvalue weighted by atomic mass is 10.4. The standard InChI is InChI=1S/C11H14FNO3.C6H12O3.C5H3F2N/c1-11(2)15-7-8(16-11)6-14-10-5-3-4-9(12)13-10;1-6(2)8-4-5(3-7)9-6;6-4-2-1-3-5(7)8-4/h3-5,8H,6-7H2,1-2H3;5,7H,3-4H2,1-2H3;1-3H. The number of ether oxygens (including phenoxy) is 5. The highest BCUT2D eigenvalue weighted by molar-refractivity contribution is 5.10. The van der Waals surface area contributed by atoms with Gasteiger partial charge >= 0.3 is 0 Å². The minimum atomic E-state index is -0.787. The molecule has 0 bridgehead atoms. The van der Waals surface area contributed by atoms with E-state index >= 15 is 0 Å². The maximum absolute atomic E-state index is 12.7. The lowest BCUT2D eigenvalue weighted by Gasteiger charge is -2.17. The zero-order chi connectivity index (χ0) is 24.5. The fourth-order valence-corrected chi connectivity index (χ4v) is 2.73. The molecule has 0 aliphatic carbocycles. The molecule has 2 aromatic rings. The fourth-order valence-electron chi connectivity index (χ4n) is 2.73. The number of aliphatic hydroxyl groups is 1. The average molecular weight is 474 g/mol. The van der Waals surface area contributed by atoms with Crippen molar-refractivity contribution in [3.63, 3.8) is 0 Å². The third kappa shape index (κ3) is 10.4. The Morgan fingerprint density at radius 3 is 1.70 bits per heavy atom. The second-order valence-electron chi connectivity index (χ2n) is 7.98. The van der Waals surface area contributed by atoms with Crippen molar-refractivity contribution in [1.82, 2.24) is 9.97 Å². The molecule has 33 heavy (non-hydrogen) atoms. The van der Waals surface area contributed by atoms with E-state index in [-0.39, 0.29) is 24.7 Å². The molecule has 2 fully saturated rings. The molecule has 4 heterocycles. The molecule has 4 rings (SSSR count). The van der Waals surface area contributed by atoms with Crippen LogP contribution in [0.5, 0.6) is 5.88 Å². The molecule has 2 aliphatic heterocycles. The first-order valence-electron chi connectivity index (χ1n) is 10.3. The van der Waals surface area contributed by atoms with Crippen LogP contribution in [-0.2, 0) is 18.9 Å². The smallest absolute Gasteiger partial charge is 0.216 e. The summed E-state index contributed by atoms with van der Waals surface area (Å²) in [4.78, 5) is 6.43. The Labute approximate surface area is 190 Å². The minimum absolute atomic E-state index is 0.0451. The van der Waals surface area contributed by atoms with Crippen LogP contribution in [0.4, 0.5) is 13.2 Å². The summed E-state index contributed by atoms with van der Waals surface area (Å²) in [5.74, 6) is -2.93. The summed E-state index contributed by atoms with van der Waals surface area (Å²) in [6.45, 7) is 8.68. The number of hydrogen-bond donors (Lipinski definition) is 1. The number of nitrogens with zero attached hydrogens (tertiary/aromatic N) is 2. The molecule has 2 unspecified atom stereocenters. The Kier molecular flexibility index (Phi) is 9.99. The van der Waals surface area contributed by atoms with Crippen LogP contribution in [0.25, 0.3) is 0 Å². The van der Waals surface area contributed by atoms with Crippen LogP contribution < -0.4 is 4.74 Å². The Morgan fingerprint density at radius 1 is 0.848 bits per heavy atom. The maximum Gasteiger partial charge on any atom is 0.216 e. The van der Waals surface area contributed by atoms with Crippen LogP contribution in [0.15, 0.2) is 36.4 Å². The number of halogens is 3. The Hall–Kier alpha value is -2.31. The van der Waals surface area contributed by atoms with E-state index in [0.717, 1.165) is 12.1 Å². The van der Waals surface area contributed by atoms with Crippen molar-refractivity contribution in [3.8, 4) is 5.88 Å². The molecule has 2 atom stereocenters. The highest BCUT2D eigenvalue weighted by Crippen LogP contribution is 2.23. The Bertz CT molecular complexity index is 854. The number of pyridine rings is 2. The third-order valence-electron chi connectivity index (χ3n) is 4.13. The maximum atomic E-state index is 12.7. The van der Waals surface area contributed by atoms with Gasteiger partial charge in [-0.1, -0.05) is 12.1 Å². The summed E-state index contributed by atoms with van der Waals surface area (Å²) >= 11 is 0. The second kappa shape index (κ2) is 12.2. The van der Waals surface area contributed by atoms with Gasteiger partial charge in [0, 0.05) is 6.07 Å². The van der Waals surface area contributed by atoms with E-state index < -0.39 is 29.4 Å². The van der Waals surface area contributed by atoms with Gasteiger partial charge in [0.25, 0.3) is 0 Å². The van der Waals surface area contributed by atoms with E-state index in [1.165, 1.54) is 12.1 Å². The molecule has 0 radical (unpaired) electrons. The van der Waals surface area contributed by atoms with Crippen molar-refractivity contribution >= 4 is 0 Å². The van der Waals surface area contributed by atoms with Crippen molar-refractivity contribution in [2.75, 3.05) is 26.4 Å². The van der Waals surface area contributed by atoms with Crippen molar-refractivity contribution < 1.29 is 42.0 Å². The first-order chi connectivity index (χ1) is 15.5. The van der Waals surface area contributed by atoms with Crippen LogP contribution in [0.3, 0.4) is 0 Å². The lowest BCUT2D eigenvalue weighted by molar-refractivity contribution is -0.142. The summed E-state index contributed by atoms with van der Waals surface area (Å²) in [5, 5.41) is 8.59. The quantitative estimate of drug-likeness (QED) is 0.676. The van der Waals surface area contributed by atoms with Gasteiger partial charge in [-0.15, -0.1) is 0 Å². The second-order valence-corrected chi connectivity index (χ2v) is 7.98. The van der Waals surface area contributed by atoms with Crippen molar-refractivity contribution in [2.45, 2.75) is 51.5 Å². The largest absolute Gasteiger partial charge is 0.475 e. The van der Waals surface area contributed by atoms with Crippen molar-refractivity contribution in [2.24, 2.45) is 0 Å². The molecule has 184 valence electrons. The third-order valence-corrected chi connectivity index (χ3v) is 4.13. The predicted molar refractivity (Wildman–Crippen MR) is 111 cm³/mol. The summed E-state index contributed by atoms with van der Waals surface area (Å²) in [6, 6.07) is 7.85. The first kappa shape index (κ1) is 26.9. The highest BCUT2D eigenvalue weighted by Gasteiger charge is 2.33. The molecule has 0 amide bonds. The molecular formula is C22H29F3N2O6. The van der Waals surface area contributed by atoms with Crippen LogP contribution in [0.1, 0.15) is 27.7 Å². The number of hydrogen-bond acceptors (Lipinski definition) is 8. The average Bonchev–Trinajstić information content (AvgIpc) is 3.27. The van der Waals surface area contributed by atoms with Crippen LogP contribution in [0, 0.1) is 17.8 Å². The normalized spacial score (nSPS) is 22.5. The van der Waals surface area contributed by atoms with Crippen LogP contribution in [0.2, 0.25) is 0 Å². The van der Waals surface area contributed by atoms with E-state index in [9.17, 15) is 13.2 Å². The number of aliphatic hydroxyl groups excluding tert-OH is 1. The van der Waals surface area contributed by atoms with Gasteiger partial charge in [-0.2, -0.15) is 23.1 Å². The van der Waals surface area contributed by atoms with E-state index in [1.54, 1.807) is 12.1 Å². The zero-order valence-electron chi connectivity index (χ0n) is 19.0. The fraction of sp³-hybridized carbons (Fsp3) is 0.545. The topological polar surface area (TPSA) is 92.2 Å². The lowest BCUT2D eigenvalue weighted by Crippen LogP contribution is -2.25. The molecule has 1 N–H and O–H groups in total. The summed E-state index contributed by atoms with van der Waals surface area (Å²) < 4.78 is 63.0. The molecule has 0 aromatic carbocycles. The molecule has 8 nitrogen and oxygen atoms in total. The summed E-state index contributed by atoms with van der Waals surface area (Å²) in [5.41, 5.74) is 0. The van der Waals surface area contributed by atoms with Gasteiger partial charge in [-0.25, -0.2) is 0 Å². The van der Waals surface area contributed by atoms with Crippen LogP contribution in [-0.4, -0.2) is 65.3 Å².